The molecule has 1 fully saturated rings. The van der Waals surface area contributed by atoms with E-state index in [1.165, 1.54) is 5.56 Å². The summed E-state index contributed by atoms with van der Waals surface area (Å²) in [5.74, 6) is 0.708. The van der Waals surface area contributed by atoms with Gasteiger partial charge < -0.3 is 10.5 Å². The first-order valence-corrected chi connectivity index (χ1v) is 6.34. The van der Waals surface area contributed by atoms with E-state index in [0.717, 1.165) is 31.9 Å². The van der Waals surface area contributed by atoms with Crippen LogP contribution in [0.2, 0.25) is 0 Å². The van der Waals surface area contributed by atoms with E-state index in [1.54, 1.807) is 0 Å². The summed E-state index contributed by atoms with van der Waals surface area (Å²) in [6, 6.07) is 8.03. The Bertz CT molecular complexity index is 348. The highest BCUT2D eigenvalue weighted by molar-refractivity contribution is 5.40. The normalized spacial score (nSPS) is 21.9. The lowest BCUT2D eigenvalue weighted by atomic mass is 10.1. The second-order valence-electron chi connectivity index (χ2n) is 5.18. The van der Waals surface area contributed by atoms with Crippen LogP contribution in [-0.4, -0.2) is 31.1 Å². The molecule has 1 atom stereocenters. The number of anilines is 1. The van der Waals surface area contributed by atoms with Gasteiger partial charge in [0, 0.05) is 25.3 Å². The van der Waals surface area contributed by atoms with Crippen LogP contribution in [0.15, 0.2) is 24.3 Å². The fourth-order valence-corrected chi connectivity index (χ4v) is 2.30. The van der Waals surface area contributed by atoms with Crippen molar-refractivity contribution >= 4 is 5.69 Å². The van der Waals surface area contributed by atoms with Crippen molar-refractivity contribution in [2.24, 2.45) is 5.92 Å². The number of benzene rings is 1. The van der Waals surface area contributed by atoms with Gasteiger partial charge in [0.15, 0.2) is 0 Å². The SMILES string of the molecule is CC(C)CN1CCO[C@H](c2ccc(N)cc2)C1. The minimum atomic E-state index is 0.197. The van der Waals surface area contributed by atoms with E-state index in [-0.39, 0.29) is 6.10 Å². The van der Waals surface area contributed by atoms with Crippen molar-refractivity contribution in [3.8, 4) is 0 Å². The molecule has 2 N–H and O–H groups in total. The predicted octanol–water partition coefficient (Wildman–Crippen LogP) is 2.30. The molecule has 3 heteroatoms. The molecule has 0 radical (unpaired) electrons. The first-order valence-electron chi connectivity index (χ1n) is 6.34. The maximum absolute atomic E-state index is 5.83. The Morgan fingerprint density at radius 1 is 1.35 bits per heavy atom. The van der Waals surface area contributed by atoms with Crippen LogP contribution in [0.1, 0.15) is 25.5 Å². The van der Waals surface area contributed by atoms with Crippen molar-refractivity contribution in [2.45, 2.75) is 20.0 Å². The predicted molar refractivity (Wildman–Crippen MR) is 70.8 cm³/mol. The molecule has 1 aromatic rings. The molecule has 3 nitrogen and oxygen atoms in total. The van der Waals surface area contributed by atoms with Crippen molar-refractivity contribution < 1.29 is 4.74 Å². The topological polar surface area (TPSA) is 38.5 Å². The lowest BCUT2D eigenvalue weighted by Crippen LogP contribution is -2.40. The number of hydrogen-bond acceptors (Lipinski definition) is 3. The molecule has 0 bridgehead atoms. The zero-order valence-electron chi connectivity index (χ0n) is 10.7. The fourth-order valence-electron chi connectivity index (χ4n) is 2.30. The third kappa shape index (κ3) is 3.45. The van der Waals surface area contributed by atoms with Crippen LogP contribution in [0.25, 0.3) is 0 Å². The van der Waals surface area contributed by atoms with Gasteiger partial charge in [0.05, 0.1) is 12.7 Å². The molecule has 1 aliphatic rings. The maximum Gasteiger partial charge on any atom is 0.0952 e. The molecule has 0 amide bonds. The van der Waals surface area contributed by atoms with Crippen molar-refractivity contribution in [1.29, 1.82) is 0 Å². The van der Waals surface area contributed by atoms with E-state index < -0.39 is 0 Å². The molecule has 0 aliphatic carbocycles. The molecule has 0 unspecified atom stereocenters. The first kappa shape index (κ1) is 12.4. The Labute approximate surface area is 104 Å². The van der Waals surface area contributed by atoms with Crippen molar-refractivity contribution in [3.05, 3.63) is 29.8 Å². The van der Waals surface area contributed by atoms with Crippen LogP contribution >= 0.6 is 0 Å². The minimum Gasteiger partial charge on any atom is -0.399 e. The van der Waals surface area contributed by atoms with Crippen LogP contribution in [0.4, 0.5) is 5.69 Å². The second-order valence-corrected chi connectivity index (χ2v) is 5.18. The molecular formula is C14H22N2O. The van der Waals surface area contributed by atoms with Crippen molar-refractivity contribution in [3.63, 3.8) is 0 Å². The van der Waals surface area contributed by atoms with Crippen molar-refractivity contribution in [1.82, 2.24) is 4.90 Å². The van der Waals surface area contributed by atoms with E-state index in [0.29, 0.717) is 5.92 Å². The lowest BCUT2D eigenvalue weighted by Gasteiger charge is -2.34. The molecule has 94 valence electrons. The van der Waals surface area contributed by atoms with E-state index >= 15 is 0 Å². The van der Waals surface area contributed by atoms with Crippen LogP contribution in [-0.2, 0) is 4.74 Å². The summed E-state index contributed by atoms with van der Waals surface area (Å²) in [6.07, 6.45) is 0.197. The van der Waals surface area contributed by atoms with Gasteiger partial charge in [-0.05, 0) is 23.6 Å². The number of nitrogen functional groups attached to an aromatic ring is 1. The molecule has 0 spiro atoms. The molecule has 0 saturated carbocycles. The van der Waals surface area contributed by atoms with Gasteiger partial charge in [-0.3, -0.25) is 4.90 Å². The number of morpholine rings is 1. The molecule has 2 rings (SSSR count). The van der Waals surface area contributed by atoms with Crippen LogP contribution in [0.5, 0.6) is 0 Å². The first-order chi connectivity index (χ1) is 8.15. The average molecular weight is 234 g/mol. The number of nitrogens with zero attached hydrogens (tertiary/aromatic N) is 1. The van der Waals surface area contributed by atoms with E-state index in [2.05, 4.69) is 30.9 Å². The summed E-state index contributed by atoms with van der Waals surface area (Å²) >= 11 is 0. The Morgan fingerprint density at radius 3 is 2.71 bits per heavy atom. The fraction of sp³-hybridized carbons (Fsp3) is 0.571. The number of hydrogen-bond donors (Lipinski definition) is 1. The van der Waals surface area contributed by atoms with Gasteiger partial charge in [0.25, 0.3) is 0 Å². The van der Waals surface area contributed by atoms with Gasteiger partial charge in [-0.15, -0.1) is 0 Å². The number of ether oxygens (including phenoxy) is 1. The molecule has 1 heterocycles. The molecule has 1 saturated heterocycles. The standard InChI is InChI=1S/C14H22N2O/c1-11(2)9-16-7-8-17-14(10-16)12-3-5-13(15)6-4-12/h3-6,11,14H,7-10,15H2,1-2H3/t14-/m0/s1. The Kier molecular flexibility index (Phi) is 4.02. The number of nitrogens with two attached hydrogens (primary N) is 1. The van der Waals surface area contributed by atoms with Gasteiger partial charge in [-0.1, -0.05) is 26.0 Å². The quantitative estimate of drug-likeness (QED) is 0.816. The zero-order chi connectivity index (χ0) is 12.3. The largest absolute Gasteiger partial charge is 0.399 e. The summed E-state index contributed by atoms with van der Waals surface area (Å²) in [6.45, 7) is 8.52. The monoisotopic (exact) mass is 234 g/mol. The van der Waals surface area contributed by atoms with Gasteiger partial charge in [0.2, 0.25) is 0 Å². The van der Waals surface area contributed by atoms with Gasteiger partial charge in [0.1, 0.15) is 0 Å². The summed E-state index contributed by atoms with van der Waals surface area (Å²) in [7, 11) is 0. The summed E-state index contributed by atoms with van der Waals surface area (Å²) in [4.78, 5) is 2.48. The Balaban J connectivity index is 1.99. The summed E-state index contributed by atoms with van der Waals surface area (Å²) in [5, 5.41) is 0. The highest BCUT2D eigenvalue weighted by Crippen LogP contribution is 2.23. The minimum absolute atomic E-state index is 0.197. The van der Waals surface area contributed by atoms with Gasteiger partial charge in [-0.25, -0.2) is 0 Å². The summed E-state index contributed by atoms with van der Waals surface area (Å²) in [5.41, 5.74) is 7.74. The van der Waals surface area contributed by atoms with Crippen LogP contribution in [0, 0.1) is 5.92 Å². The van der Waals surface area contributed by atoms with E-state index in [1.807, 2.05) is 12.1 Å². The third-order valence-corrected chi connectivity index (χ3v) is 3.08. The van der Waals surface area contributed by atoms with Gasteiger partial charge in [-0.2, -0.15) is 0 Å². The lowest BCUT2D eigenvalue weighted by molar-refractivity contribution is -0.0331. The van der Waals surface area contributed by atoms with Gasteiger partial charge >= 0.3 is 0 Å². The number of rotatable bonds is 3. The Hall–Kier alpha value is -1.06. The highest BCUT2D eigenvalue weighted by Gasteiger charge is 2.22. The van der Waals surface area contributed by atoms with Crippen LogP contribution in [0.3, 0.4) is 0 Å². The molecular weight excluding hydrogens is 212 g/mol. The maximum atomic E-state index is 5.83. The van der Waals surface area contributed by atoms with Crippen molar-refractivity contribution in [2.75, 3.05) is 32.0 Å². The second kappa shape index (κ2) is 5.52. The molecule has 17 heavy (non-hydrogen) atoms. The molecule has 0 aromatic heterocycles. The third-order valence-electron chi connectivity index (χ3n) is 3.08. The molecule has 1 aliphatic heterocycles. The smallest absolute Gasteiger partial charge is 0.0952 e. The van der Waals surface area contributed by atoms with E-state index in [4.69, 9.17) is 10.5 Å². The highest BCUT2D eigenvalue weighted by atomic mass is 16.5. The van der Waals surface area contributed by atoms with E-state index in [9.17, 15) is 0 Å². The average Bonchev–Trinajstić information content (AvgIpc) is 2.29. The zero-order valence-corrected chi connectivity index (χ0v) is 10.7. The Morgan fingerprint density at radius 2 is 2.06 bits per heavy atom. The summed E-state index contributed by atoms with van der Waals surface area (Å²) < 4.78 is 5.83. The van der Waals surface area contributed by atoms with Crippen LogP contribution < -0.4 is 5.73 Å². The molecule has 1 aromatic carbocycles.